The maximum absolute atomic E-state index is 10.6. The summed E-state index contributed by atoms with van der Waals surface area (Å²) in [6, 6.07) is 0. The van der Waals surface area contributed by atoms with Crippen molar-refractivity contribution in [3.05, 3.63) is 0 Å². The van der Waals surface area contributed by atoms with E-state index in [1.54, 1.807) is 7.11 Å². The summed E-state index contributed by atoms with van der Waals surface area (Å²) < 4.78 is 5.16. The van der Waals surface area contributed by atoms with Gasteiger partial charge < -0.3 is 9.53 Å². The molecule has 0 heterocycles. The van der Waals surface area contributed by atoms with Crippen LogP contribution in [0.15, 0.2) is 0 Å². The molecule has 0 aromatic rings. The van der Waals surface area contributed by atoms with Gasteiger partial charge in [-0.05, 0) is 13.8 Å². The molecular formula is C8H16O2. The molecule has 0 aromatic heterocycles. The Labute approximate surface area is 62.6 Å². The number of hydrogen-bond acceptors (Lipinski definition) is 2. The second-order valence-electron chi connectivity index (χ2n) is 3.55. The van der Waals surface area contributed by atoms with Gasteiger partial charge in [-0.15, -0.1) is 0 Å². The van der Waals surface area contributed by atoms with Crippen molar-refractivity contribution in [1.82, 2.24) is 0 Å². The molecule has 0 aliphatic rings. The average Bonchev–Trinajstić information content (AvgIpc) is 1.88. The molecule has 0 fully saturated rings. The van der Waals surface area contributed by atoms with E-state index < -0.39 is 5.41 Å². The Morgan fingerprint density at radius 1 is 1.20 bits per heavy atom. The van der Waals surface area contributed by atoms with E-state index in [1.165, 1.54) is 0 Å². The largest absolute Gasteiger partial charge is 0.378 e. The molecule has 0 spiro atoms. The highest BCUT2D eigenvalue weighted by Gasteiger charge is 2.36. The summed E-state index contributed by atoms with van der Waals surface area (Å²) >= 11 is 0. The molecule has 0 radical (unpaired) electrons. The van der Waals surface area contributed by atoms with Crippen LogP contribution >= 0.6 is 0 Å². The molecule has 10 heavy (non-hydrogen) atoms. The van der Waals surface area contributed by atoms with Crippen LogP contribution in [0.4, 0.5) is 0 Å². The lowest BCUT2D eigenvalue weighted by atomic mass is 9.78. The summed E-state index contributed by atoms with van der Waals surface area (Å²) in [4.78, 5) is 10.6. The predicted molar refractivity (Wildman–Crippen MR) is 40.9 cm³/mol. The van der Waals surface area contributed by atoms with Crippen molar-refractivity contribution in [2.45, 2.75) is 33.3 Å². The number of carbonyl (C=O) groups excluding carboxylic acids is 1. The molecular weight excluding hydrogens is 128 g/mol. The Kier molecular flexibility index (Phi) is 2.60. The third-order valence-corrected chi connectivity index (χ3v) is 2.36. The fraction of sp³-hybridized carbons (Fsp3) is 0.875. The molecule has 0 unspecified atom stereocenters. The van der Waals surface area contributed by atoms with Crippen LogP contribution in [0, 0.1) is 5.41 Å². The normalized spacial score (nSPS) is 13.3. The minimum atomic E-state index is -0.415. The first-order valence-corrected chi connectivity index (χ1v) is 3.39. The molecule has 0 rings (SSSR count). The van der Waals surface area contributed by atoms with Crippen LogP contribution in [0.1, 0.15) is 27.7 Å². The smallest absolute Gasteiger partial charge is 0.128 e. The first-order valence-electron chi connectivity index (χ1n) is 3.39. The van der Waals surface area contributed by atoms with Gasteiger partial charge in [0.25, 0.3) is 0 Å². The molecule has 60 valence electrons. The second kappa shape index (κ2) is 2.70. The van der Waals surface area contributed by atoms with E-state index in [9.17, 15) is 4.79 Å². The van der Waals surface area contributed by atoms with Gasteiger partial charge in [0, 0.05) is 12.5 Å². The zero-order valence-electron chi connectivity index (χ0n) is 7.39. The number of methoxy groups -OCH3 is 1. The SMILES string of the molecule is COC(C)(C)C(C)(C)C=O. The lowest BCUT2D eigenvalue weighted by molar-refractivity contribution is -0.131. The van der Waals surface area contributed by atoms with Crippen molar-refractivity contribution >= 4 is 6.29 Å². The van der Waals surface area contributed by atoms with Gasteiger partial charge in [0.05, 0.1) is 5.60 Å². The molecule has 0 aliphatic heterocycles. The summed E-state index contributed by atoms with van der Waals surface area (Å²) in [6.07, 6.45) is 0.927. The van der Waals surface area contributed by atoms with E-state index >= 15 is 0 Å². The van der Waals surface area contributed by atoms with E-state index in [-0.39, 0.29) is 5.60 Å². The van der Waals surface area contributed by atoms with Crippen molar-refractivity contribution in [1.29, 1.82) is 0 Å². The molecule has 0 aliphatic carbocycles. The maximum atomic E-state index is 10.6. The highest BCUT2D eigenvalue weighted by atomic mass is 16.5. The maximum Gasteiger partial charge on any atom is 0.128 e. The van der Waals surface area contributed by atoms with Gasteiger partial charge in [-0.3, -0.25) is 0 Å². The van der Waals surface area contributed by atoms with Crippen molar-refractivity contribution in [3.63, 3.8) is 0 Å². The molecule has 0 bridgehead atoms. The molecule has 0 N–H and O–H groups in total. The van der Waals surface area contributed by atoms with Crippen molar-refractivity contribution in [3.8, 4) is 0 Å². The number of hydrogen-bond donors (Lipinski definition) is 0. The highest BCUT2D eigenvalue weighted by molar-refractivity contribution is 5.60. The second-order valence-corrected chi connectivity index (χ2v) is 3.55. The number of aldehydes is 1. The van der Waals surface area contributed by atoms with E-state index in [4.69, 9.17) is 4.74 Å². The van der Waals surface area contributed by atoms with Gasteiger partial charge in [0.15, 0.2) is 0 Å². The zero-order valence-corrected chi connectivity index (χ0v) is 7.39. The molecule has 0 aromatic carbocycles. The Balaban J connectivity index is 4.43. The zero-order chi connectivity index (χ0) is 8.41. The molecule has 2 heteroatoms. The van der Waals surface area contributed by atoms with Crippen molar-refractivity contribution in [2.75, 3.05) is 7.11 Å². The van der Waals surface area contributed by atoms with E-state index in [2.05, 4.69) is 0 Å². The molecule has 0 atom stereocenters. The summed E-state index contributed by atoms with van der Waals surface area (Å²) in [5.74, 6) is 0. The number of carbonyl (C=O) groups is 1. The van der Waals surface area contributed by atoms with Crippen LogP contribution < -0.4 is 0 Å². The van der Waals surface area contributed by atoms with Gasteiger partial charge in [-0.2, -0.15) is 0 Å². The van der Waals surface area contributed by atoms with Crippen molar-refractivity contribution < 1.29 is 9.53 Å². The summed E-state index contributed by atoms with van der Waals surface area (Å²) in [5, 5.41) is 0. The molecule has 0 saturated carbocycles. The van der Waals surface area contributed by atoms with Gasteiger partial charge in [-0.25, -0.2) is 0 Å². The fourth-order valence-electron chi connectivity index (χ4n) is 0.405. The fourth-order valence-corrected chi connectivity index (χ4v) is 0.405. The topological polar surface area (TPSA) is 26.3 Å². The van der Waals surface area contributed by atoms with E-state index in [0.717, 1.165) is 6.29 Å². The Hall–Kier alpha value is -0.370. The Morgan fingerprint density at radius 2 is 1.60 bits per heavy atom. The number of ether oxygens (including phenoxy) is 1. The quantitative estimate of drug-likeness (QED) is 0.563. The summed E-state index contributed by atoms with van der Waals surface area (Å²) in [6.45, 7) is 7.54. The van der Waals surface area contributed by atoms with Crippen LogP contribution in [0.25, 0.3) is 0 Å². The molecule has 0 saturated heterocycles. The van der Waals surface area contributed by atoms with Crippen LogP contribution in [-0.2, 0) is 9.53 Å². The third kappa shape index (κ3) is 1.57. The predicted octanol–water partition coefficient (Wildman–Crippen LogP) is 1.64. The molecule has 2 nitrogen and oxygen atoms in total. The number of rotatable bonds is 3. The van der Waals surface area contributed by atoms with Crippen LogP contribution in [0.5, 0.6) is 0 Å². The van der Waals surface area contributed by atoms with Gasteiger partial charge >= 0.3 is 0 Å². The van der Waals surface area contributed by atoms with Crippen LogP contribution in [0.2, 0.25) is 0 Å². The minimum absolute atomic E-state index is 0.380. The van der Waals surface area contributed by atoms with Crippen LogP contribution in [-0.4, -0.2) is 19.0 Å². The first-order chi connectivity index (χ1) is 4.37. The first kappa shape index (κ1) is 9.63. The minimum Gasteiger partial charge on any atom is -0.378 e. The Morgan fingerprint density at radius 3 is 1.70 bits per heavy atom. The van der Waals surface area contributed by atoms with Gasteiger partial charge in [-0.1, -0.05) is 13.8 Å². The monoisotopic (exact) mass is 144 g/mol. The van der Waals surface area contributed by atoms with Gasteiger partial charge in [0.1, 0.15) is 6.29 Å². The van der Waals surface area contributed by atoms with E-state index in [1.807, 2.05) is 27.7 Å². The average molecular weight is 144 g/mol. The third-order valence-electron chi connectivity index (χ3n) is 2.36. The standard InChI is InChI=1S/C8H16O2/c1-7(2,6-9)8(3,4)10-5/h6H,1-5H3. The van der Waals surface area contributed by atoms with Crippen molar-refractivity contribution in [2.24, 2.45) is 5.41 Å². The van der Waals surface area contributed by atoms with E-state index in [0.29, 0.717) is 0 Å². The molecule has 0 amide bonds. The lowest BCUT2D eigenvalue weighted by Crippen LogP contribution is -2.41. The van der Waals surface area contributed by atoms with Gasteiger partial charge in [0.2, 0.25) is 0 Å². The summed E-state index contributed by atoms with van der Waals surface area (Å²) in [7, 11) is 1.62. The highest BCUT2D eigenvalue weighted by Crippen LogP contribution is 2.30. The Bertz CT molecular complexity index is 125. The van der Waals surface area contributed by atoms with Crippen LogP contribution in [0.3, 0.4) is 0 Å². The lowest BCUT2D eigenvalue weighted by Gasteiger charge is -2.35. The summed E-state index contributed by atoms with van der Waals surface area (Å²) in [5.41, 5.74) is -0.795.